The monoisotopic (exact) mass is 453 g/mol. The van der Waals surface area contributed by atoms with Crippen molar-refractivity contribution in [3.05, 3.63) is 65.7 Å². The van der Waals surface area contributed by atoms with Gasteiger partial charge in [0.15, 0.2) is 0 Å². The van der Waals surface area contributed by atoms with Gasteiger partial charge in [0.25, 0.3) is 0 Å². The first-order valence-corrected chi connectivity index (χ1v) is 11.7. The largest absolute Gasteiger partial charge is 0.489 e. The zero-order chi connectivity index (χ0) is 23.7. The van der Waals surface area contributed by atoms with E-state index in [2.05, 4.69) is 29.6 Å². The number of carbonyl (C=O) groups is 2. The summed E-state index contributed by atoms with van der Waals surface area (Å²) in [4.78, 5) is 23.2. The summed E-state index contributed by atoms with van der Waals surface area (Å²) in [5.41, 5.74) is 1.77. The number of ether oxygens (including phenoxy) is 3. The van der Waals surface area contributed by atoms with Crippen LogP contribution in [0.25, 0.3) is 0 Å². The highest BCUT2D eigenvalue weighted by Gasteiger charge is 2.26. The molecule has 178 valence electrons. The number of amides is 1. The van der Waals surface area contributed by atoms with Crippen molar-refractivity contribution in [1.29, 1.82) is 0 Å². The lowest BCUT2D eigenvalue weighted by Gasteiger charge is -2.30. The Bertz CT molecular complexity index is 885. The second-order valence-electron chi connectivity index (χ2n) is 9.51. The van der Waals surface area contributed by atoms with E-state index in [-0.39, 0.29) is 12.7 Å². The molecule has 0 spiro atoms. The Kier molecular flexibility index (Phi) is 8.89. The average Bonchev–Trinajstić information content (AvgIpc) is 2.80. The summed E-state index contributed by atoms with van der Waals surface area (Å²) in [6.07, 6.45) is 3.92. The van der Waals surface area contributed by atoms with Crippen molar-refractivity contribution < 1.29 is 23.8 Å². The molecule has 0 saturated heterocycles. The maximum atomic E-state index is 11.9. The molecule has 1 amide bonds. The summed E-state index contributed by atoms with van der Waals surface area (Å²) >= 11 is 0. The standard InChI is InChI=1S/C27H35NO5/c1-27(2,3)33-26(30)28-22(17-29)19-31-23-15-13-21(14-16-23)24-11-7-8-12-25(24)32-18-20-9-5-4-6-10-20/h4-12,17,21-23H,13-16,18-19H2,1-3H3,(H,28,30)/t21?,22-,23?/m1/s1. The quantitative estimate of drug-likeness (QED) is 0.515. The van der Waals surface area contributed by atoms with Crippen molar-refractivity contribution in [3.8, 4) is 5.75 Å². The van der Waals surface area contributed by atoms with E-state index in [1.54, 1.807) is 20.8 Å². The van der Waals surface area contributed by atoms with Crippen molar-refractivity contribution in [1.82, 2.24) is 5.32 Å². The number of hydrogen-bond donors (Lipinski definition) is 1. The normalized spacial score (nSPS) is 19.4. The molecule has 2 aromatic carbocycles. The Hall–Kier alpha value is -2.86. The van der Waals surface area contributed by atoms with Gasteiger partial charge in [-0.2, -0.15) is 0 Å². The molecule has 2 aromatic rings. The van der Waals surface area contributed by atoms with Crippen LogP contribution < -0.4 is 10.1 Å². The van der Waals surface area contributed by atoms with Gasteiger partial charge in [-0.3, -0.25) is 0 Å². The summed E-state index contributed by atoms with van der Waals surface area (Å²) in [5.74, 6) is 1.35. The van der Waals surface area contributed by atoms with Gasteiger partial charge in [0.2, 0.25) is 0 Å². The lowest BCUT2D eigenvalue weighted by molar-refractivity contribution is -0.111. The van der Waals surface area contributed by atoms with Crippen LogP contribution in [0, 0.1) is 0 Å². The SMILES string of the molecule is CC(C)(C)OC(=O)N[C@H](C=O)COC1CCC(c2ccccc2OCc2ccccc2)CC1. The van der Waals surface area contributed by atoms with Crippen molar-refractivity contribution in [2.24, 2.45) is 0 Å². The molecule has 1 N–H and O–H groups in total. The summed E-state index contributed by atoms with van der Waals surface area (Å²) in [6, 6.07) is 17.7. The summed E-state index contributed by atoms with van der Waals surface area (Å²) in [7, 11) is 0. The Balaban J connectivity index is 1.47. The Morgan fingerprint density at radius 2 is 1.70 bits per heavy atom. The third-order valence-corrected chi connectivity index (χ3v) is 5.65. The van der Waals surface area contributed by atoms with Crippen molar-refractivity contribution in [3.63, 3.8) is 0 Å². The number of carbonyl (C=O) groups excluding carboxylic acids is 2. The summed E-state index contributed by atoms with van der Waals surface area (Å²) in [5, 5.41) is 2.56. The zero-order valence-electron chi connectivity index (χ0n) is 19.8. The third kappa shape index (κ3) is 8.21. The van der Waals surface area contributed by atoms with E-state index in [1.807, 2.05) is 30.3 Å². The van der Waals surface area contributed by atoms with Crippen LogP contribution in [-0.2, 0) is 20.9 Å². The number of para-hydroxylation sites is 1. The van der Waals surface area contributed by atoms with Crippen LogP contribution in [0.1, 0.15) is 63.5 Å². The minimum Gasteiger partial charge on any atom is -0.489 e. The van der Waals surface area contributed by atoms with Gasteiger partial charge in [-0.25, -0.2) is 4.79 Å². The number of aldehydes is 1. The lowest BCUT2D eigenvalue weighted by Crippen LogP contribution is -2.43. The van der Waals surface area contributed by atoms with Gasteiger partial charge < -0.3 is 24.3 Å². The van der Waals surface area contributed by atoms with Gasteiger partial charge in [-0.1, -0.05) is 48.5 Å². The minimum absolute atomic E-state index is 0.0709. The highest BCUT2D eigenvalue weighted by atomic mass is 16.6. The lowest BCUT2D eigenvalue weighted by atomic mass is 9.82. The average molecular weight is 454 g/mol. The van der Waals surface area contributed by atoms with E-state index >= 15 is 0 Å². The van der Waals surface area contributed by atoms with Crippen LogP contribution >= 0.6 is 0 Å². The van der Waals surface area contributed by atoms with Crippen molar-refractivity contribution >= 4 is 12.4 Å². The number of benzene rings is 2. The predicted molar refractivity (Wildman–Crippen MR) is 127 cm³/mol. The Morgan fingerprint density at radius 3 is 2.36 bits per heavy atom. The molecule has 1 fully saturated rings. The molecule has 1 atom stereocenters. The molecular formula is C27H35NO5. The molecular weight excluding hydrogens is 418 g/mol. The number of rotatable bonds is 9. The fourth-order valence-corrected chi connectivity index (χ4v) is 4.04. The molecule has 0 aromatic heterocycles. The fraction of sp³-hybridized carbons (Fsp3) is 0.481. The van der Waals surface area contributed by atoms with E-state index in [9.17, 15) is 9.59 Å². The van der Waals surface area contributed by atoms with E-state index in [4.69, 9.17) is 14.2 Å². The van der Waals surface area contributed by atoms with E-state index in [1.165, 1.54) is 5.56 Å². The van der Waals surface area contributed by atoms with E-state index in [0.29, 0.717) is 18.8 Å². The highest BCUT2D eigenvalue weighted by Crippen LogP contribution is 2.38. The Labute approximate surface area is 196 Å². The maximum absolute atomic E-state index is 11.9. The topological polar surface area (TPSA) is 73.9 Å². The number of nitrogens with one attached hydrogen (secondary N) is 1. The first-order chi connectivity index (χ1) is 15.8. The van der Waals surface area contributed by atoms with Crippen LogP contribution in [-0.4, -0.2) is 36.7 Å². The molecule has 6 heteroatoms. The Morgan fingerprint density at radius 1 is 1.03 bits per heavy atom. The molecule has 0 radical (unpaired) electrons. The predicted octanol–water partition coefficient (Wildman–Crippen LogP) is 5.40. The van der Waals surface area contributed by atoms with Crippen LogP contribution in [0.3, 0.4) is 0 Å². The molecule has 0 aliphatic heterocycles. The van der Waals surface area contributed by atoms with Crippen LogP contribution in [0.15, 0.2) is 54.6 Å². The number of hydrogen-bond acceptors (Lipinski definition) is 5. The van der Waals surface area contributed by atoms with E-state index in [0.717, 1.165) is 37.0 Å². The molecule has 1 aliphatic rings. The van der Waals surface area contributed by atoms with Gasteiger partial charge >= 0.3 is 6.09 Å². The zero-order valence-corrected chi connectivity index (χ0v) is 19.8. The molecule has 1 saturated carbocycles. The first-order valence-electron chi connectivity index (χ1n) is 11.7. The van der Waals surface area contributed by atoms with Crippen LogP contribution in [0.5, 0.6) is 5.75 Å². The van der Waals surface area contributed by atoms with Crippen LogP contribution in [0.4, 0.5) is 4.79 Å². The van der Waals surface area contributed by atoms with Gasteiger partial charge in [-0.15, -0.1) is 0 Å². The van der Waals surface area contributed by atoms with Gasteiger partial charge in [0.05, 0.1) is 12.7 Å². The molecule has 0 heterocycles. The van der Waals surface area contributed by atoms with Gasteiger partial charge in [0, 0.05) is 0 Å². The van der Waals surface area contributed by atoms with E-state index < -0.39 is 17.7 Å². The molecule has 0 unspecified atom stereocenters. The molecule has 6 nitrogen and oxygen atoms in total. The second-order valence-corrected chi connectivity index (χ2v) is 9.51. The molecule has 3 rings (SSSR count). The summed E-state index contributed by atoms with van der Waals surface area (Å²) in [6.45, 7) is 6.04. The van der Waals surface area contributed by atoms with Crippen LogP contribution in [0.2, 0.25) is 0 Å². The van der Waals surface area contributed by atoms with Crippen molar-refractivity contribution in [2.75, 3.05) is 6.61 Å². The number of alkyl carbamates (subject to hydrolysis) is 1. The third-order valence-electron chi connectivity index (χ3n) is 5.65. The molecule has 1 aliphatic carbocycles. The summed E-state index contributed by atoms with van der Waals surface area (Å²) < 4.78 is 17.3. The van der Waals surface area contributed by atoms with Crippen molar-refractivity contribution in [2.45, 2.75) is 76.7 Å². The molecule has 0 bridgehead atoms. The first kappa shape index (κ1) is 24.8. The smallest absolute Gasteiger partial charge is 0.408 e. The fourth-order valence-electron chi connectivity index (χ4n) is 4.04. The molecule has 33 heavy (non-hydrogen) atoms. The second kappa shape index (κ2) is 11.8. The maximum Gasteiger partial charge on any atom is 0.408 e. The highest BCUT2D eigenvalue weighted by molar-refractivity contribution is 5.73. The van der Waals surface area contributed by atoms with Gasteiger partial charge in [-0.05, 0) is 69.6 Å². The minimum atomic E-state index is -0.718. The van der Waals surface area contributed by atoms with Gasteiger partial charge in [0.1, 0.15) is 30.3 Å².